The zero-order valence-corrected chi connectivity index (χ0v) is 5.32. The molecule has 0 aromatic heterocycles. The van der Waals surface area contributed by atoms with Gasteiger partial charge in [-0.1, -0.05) is 12.8 Å². The van der Waals surface area contributed by atoms with Crippen LogP contribution in [0.25, 0.3) is 0 Å². The van der Waals surface area contributed by atoms with Crippen molar-refractivity contribution >= 4 is 18.8 Å². The number of amides is 2. The van der Waals surface area contributed by atoms with E-state index >= 15 is 0 Å². The fourth-order valence-corrected chi connectivity index (χ4v) is 0.829. The minimum atomic E-state index is -0.0837. The maximum absolute atomic E-state index is 10.5. The lowest BCUT2D eigenvalue weighted by Gasteiger charge is -2.20. The topological polar surface area (TPSA) is 32.3 Å². The molecule has 4 heteroatoms. The van der Waals surface area contributed by atoms with E-state index in [1.54, 1.807) is 0 Å². The molecule has 0 spiro atoms. The maximum Gasteiger partial charge on any atom is 0.327 e. The van der Waals surface area contributed by atoms with Crippen molar-refractivity contribution in [3.8, 4) is 0 Å². The zero-order chi connectivity index (χ0) is 5.98. The van der Waals surface area contributed by atoms with Crippen LogP contribution in [-0.2, 0) is 0 Å². The van der Waals surface area contributed by atoms with Gasteiger partial charge in [-0.05, 0) is 6.42 Å². The summed E-state index contributed by atoms with van der Waals surface area (Å²) in [5, 5.41) is 2.64. The van der Waals surface area contributed by atoms with Gasteiger partial charge in [-0.15, -0.1) is 0 Å². The molecule has 8 heavy (non-hydrogen) atoms. The molecule has 46 valence electrons. The van der Waals surface area contributed by atoms with E-state index in [-0.39, 0.29) is 6.03 Å². The molecular formula is C4H8N2OS. The van der Waals surface area contributed by atoms with E-state index in [0.717, 1.165) is 19.5 Å². The Morgan fingerprint density at radius 2 is 2.50 bits per heavy atom. The first kappa shape index (κ1) is 5.75. The van der Waals surface area contributed by atoms with Gasteiger partial charge in [0.25, 0.3) is 0 Å². The van der Waals surface area contributed by atoms with Gasteiger partial charge in [0, 0.05) is 13.1 Å². The number of thiol groups is 1. The number of hydrogen-bond donors (Lipinski definition) is 2. The van der Waals surface area contributed by atoms with Crippen molar-refractivity contribution in [3.63, 3.8) is 0 Å². The molecule has 0 aromatic carbocycles. The molecule has 0 radical (unpaired) electrons. The fourth-order valence-electron chi connectivity index (χ4n) is 0.617. The van der Waals surface area contributed by atoms with Gasteiger partial charge in [-0.25, -0.2) is 4.79 Å². The molecule has 0 unspecified atom stereocenters. The summed E-state index contributed by atoms with van der Waals surface area (Å²) >= 11 is 3.88. The van der Waals surface area contributed by atoms with Gasteiger partial charge >= 0.3 is 6.03 Å². The SMILES string of the molecule is O=C1NCCCN1S. The lowest BCUT2D eigenvalue weighted by Crippen LogP contribution is -2.41. The highest BCUT2D eigenvalue weighted by atomic mass is 32.1. The number of nitrogens with zero attached hydrogens (tertiary/aromatic N) is 1. The molecule has 1 heterocycles. The maximum atomic E-state index is 10.5. The van der Waals surface area contributed by atoms with Crippen LogP contribution in [0.4, 0.5) is 4.79 Å². The quantitative estimate of drug-likeness (QED) is 0.455. The molecule has 0 bridgehead atoms. The van der Waals surface area contributed by atoms with Gasteiger partial charge in [-0.2, -0.15) is 0 Å². The molecule has 1 fully saturated rings. The van der Waals surface area contributed by atoms with Crippen LogP contribution in [-0.4, -0.2) is 23.4 Å². The van der Waals surface area contributed by atoms with E-state index in [2.05, 4.69) is 18.1 Å². The van der Waals surface area contributed by atoms with Crippen molar-refractivity contribution in [2.24, 2.45) is 0 Å². The first-order valence-electron chi connectivity index (χ1n) is 2.55. The Morgan fingerprint density at radius 3 is 2.88 bits per heavy atom. The molecule has 2 amide bonds. The fraction of sp³-hybridized carbons (Fsp3) is 0.750. The number of rotatable bonds is 0. The summed E-state index contributed by atoms with van der Waals surface area (Å²) in [6.07, 6.45) is 0.995. The summed E-state index contributed by atoms with van der Waals surface area (Å²) in [6.45, 7) is 1.55. The molecule has 1 N–H and O–H groups in total. The van der Waals surface area contributed by atoms with Crippen LogP contribution >= 0.6 is 12.8 Å². The van der Waals surface area contributed by atoms with Gasteiger partial charge < -0.3 is 5.32 Å². The first-order valence-corrected chi connectivity index (χ1v) is 2.95. The van der Waals surface area contributed by atoms with Gasteiger partial charge in [0.1, 0.15) is 0 Å². The van der Waals surface area contributed by atoms with Crippen LogP contribution in [0, 0.1) is 0 Å². The molecule has 1 saturated heterocycles. The number of nitrogens with one attached hydrogen (secondary N) is 1. The van der Waals surface area contributed by atoms with Crippen molar-refractivity contribution < 1.29 is 4.79 Å². The van der Waals surface area contributed by atoms with E-state index < -0.39 is 0 Å². The Bertz CT molecular complexity index is 106. The third-order valence-electron chi connectivity index (χ3n) is 1.06. The van der Waals surface area contributed by atoms with Crippen LogP contribution < -0.4 is 5.32 Å². The minimum absolute atomic E-state index is 0.0837. The third kappa shape index (κ3) is 1.06. The zero-order valence-electron chi connectivity index (χ0n) is 4.42. The monoisotopic (exact) mass is 132 g/mol. The normalized spacial score (nSPS) is 20.6. The lowest BCUT2D eigenvalue weighted by molar-refractivity contribution is 0.219. The second kappa shape index (κ2) is 2.26. The van der Waals surface area contributed by atoms with Crippen LogP contribution in [0.2, 0.25) is 0 Å². The van der Waals surface area contributed by atoms with Crippen LogP contribution in [0.5, 0.6) is 0 Å². The molecule has 1 aliphatic rings. The van der Waals surface area contributed by atoms with Gasteiger partial charge in [0.2, 0.25) is 0 Å². The Balaban J connectivity index is 2.39. The van der Waals surface area contributed by atoms with Crippen molar-refractivity contribution in [1.82, 2.24) is 9.62 Å². The Hall–Kier alpha value is -0.380. The van der Waals surface area contributed by atoms with Crippen LogP contribution in [0.3, 0.4) is 0 Å². The standard InChI is InChI=1S/C4H8N2OS/c7-4-5-2-1-3-6(4)8/h8H,1-3H2,(H,5,7). The molecule has 0 saturated carbocycles. The largest absolute Gasteiger partial charge is 0.337 e. The molecule has 1 aliphatic heterocycles. The van der Waals surface area contributed by atoms with E-state index in [0.29, 0.717) is 0 Å². The number of carbonyl (C=O) groups excluding carboxylic acids is 1. The summed E-state index contributed by atoms with van der Waals surface area (Å²) in [5.41, 5.74) is 0. The van der Waals surface area contributed by atoms with E-state index in [4.69, 9.17) is 0 Å². The smallest absolute Gasteiger partial charge is 0.327 e. The van der Waals surface area contributed by atoms with Crippen LogP contribution in [0.1, 0.15) is 6.42 Å². The van der Waals surface area contributed by atoms with E-state index in [9.17, 15) is 4.79 Å². The predicted octanol–water partition coefficient (Wildman–Crippen LogP) is 0.247. The Morgan fingerprint density at radius 1 is 1.75 bits per heavy atom. The number of urea groups is 1. The van der Waals surface area contributed by atoms with Gasteiger partial charge in [0.15, 0.2) is 0 Å². The second-order valence-electron chi connectivity index (χ2n) is 1.71. The van der Waals surface area contributed by atoms with E-state index in [1.165, 1.54) is 4.31 Å². The molecular weight excluding hydrogens is 124 g/mol. The first-order chi connectivity index (χ1) is 3.80. The highest BCUT2D eigenvalue weighted by Crippen LogP contribution is 1.99. The lowest BCUT2D eigenvalue weighted by atomic mass is 10.4. The molecule has 0 atom stereocenters. The van der Waals surface area contributed by atoms with E-state index in [1.807, 2.05) is 0 Å². The average Bonchev–Trinajstić information content (AvgIpc) is 1.77. The Labute approximate surface area is 53.6 Å². The highest BCUT2D eigenvalue weighted by molar-refractivity contribution is 7.78. The van der Waals surface area contributed by atoms with Crippen molar-refractivity contribution in [1.29, 1.82) is 0 Å². The highest BCUT2D eigenvalue weighted by Gasteiger charge is 2.12. The Kier molecular flexibility index (Phi) is 1.62. The van der Waals surface area contributed by atoms with Gasteiger partial charge in [0.05, 0.1) is 0 Å². The number of carbonyl (C=O) groups is 1. The molecule has 0 aromatic rings. The summed E-state index contributed by atoms with van der Waals surface area (Å²) in [6, 6.07) is -0.0837. The van der Waals surface area contributed by atoms with Crippen molar-refractivity contribution in [3.05, 3.63) is 0 Å². The number of hydrogen-bond acceptors (Lipinski definition) is 2. The summed E-state index contributed by atoms with van der Waals surface area (Å²) in [5.74, 6) is 0. The predicted molar refractivity (Wildman–Crippen MR) is 33.7 cm³/mol. The molecule has 1 rings (SSSR count). The van der Waals surface area contributed by atoms with Crippen LogP contribution in [0.15, 0.2) is 0 Å². The summed E-state index contributed by atoms with van der Waals surface area (Å²) < 4.78 is 1.38. The van der Waals surface area contributed by atoms with Crippen molar-refractivity contribution in [2.75, 3.05) is 13.1 Å². The van der Waals surface area contributed by atoms with Gasteiger partial charge in [-0.3, -0.25) is 4.31 Å². The second-order valence-corrected chi connectivity index (χ2v) is 2.19. The molecule has 0 aliphatic carbocycles. The third-order valence-corrected chi connectivity index (χ3v) is 1.44. The summed E-state index contributed by atoms with van der Waals surface area (Å²) in [4.78, 5) is 10.5. The summed E-state index contributed by atoms with van der Waals surface area (Å²) in [7, 11) is 0. The minimum Gasteiger partial charge on any atom is -0.337 e. The molecule has 3 nitrogen and oxygen atoms in total. The van der Waals surface area contributed by atoms with Crippen molar-refractivity contribution in [2.45, 2.75) is 6.42 Å². The average molecular weight is 132 g/mol.